The van der Waals surface area contributed by atoms with Gasteiger partial charge in [0, 0.05) is 23.0 Å². The van der Waals surface area contributed by atoms with Gasteiger partial charge in [-0.25, -0.2) is 4.98 Å². The van der Waals surface area contributed by atoms with Crippen molar-refractivity contribution in [1.82, 2.24) is 14.6 Å². The first kappa shape index (κ1) is 18.0. The molecule has 0 spiro atoms. The fourth-order valence-electron chi connectivity index (χ4n) is 3.34. The van der Waals surface area contributed by atoms with E-state index in [4.69, 9.17) is 14.8 Å². The molecule has 0 bridgehead atoms. The van der Waals surface area contributed by atoms with E-state index in [2.05, 4.69) is 36.5 Å². The van der Waals surface area contributed by atoms with E-state index in [0.717, 1.165) is 45.4 Å². The number of rotatable bonds is 5. The van der Waals surface area contributed by atoms with Crippen LogP contribution in [0.2, 0.25) is 0 Å². The lowest BCUT2D eigenvalue weighted by Gasteiger charge is -2.11. The van der Waals surface area contributed by atoms with E-state index in [1.807, 2.05) is 55.6 Å². The standard InChI is InChI=1S/C23H24N4O/c1-5-28-20-12-10-19(11-13-20)25-21-14-16(3)24-23-22(17(4)26-27(21)23)18-8-6-15(2)7-9-18/h6-14,25H,5H2,1-4H3. The van der Waals surface area contributed by atoms with Crippen LogP contribution < -0.4 is 10.1 Å². The normalized spacial score (nSPS) is 11.0. The van der Waals surface area contributed by atoms with Crippen LogP contribution in [0.3, 0.4) is 0 Å². The van der Waals surface area contributed by atoms with E-state index in [1.54, 1.807) is 0 Å². The summed E-state index contributed by atoms with van der Waals surface area (Å²) in [6.07, 6.45) is 0. The highest BCUT2D eigenvalue weighted by Gasteiger charge is 2.16. The van der Waals surface area contributed by atoms with Gasteiger partial charge in [-0.3, -0.25) is 0 Å². The Kier molecular flexibility index (Phi) is 4.74. The molecule has 0 aliphatic rings. The molecule has 0 saturated heterocycles. The number of hydrogen-bond acceptors (Lipinski definition) is 4. The Bertz CT molecular complexity index is 1110. The molecular formula is C23H24N4O. The smallest absolute Gasteiger partial charge is 0.165 e. The number of anilines is 2. The lowest BCUT2D eigenvalue weighted by atomic mass is 10.0. The van der Waals surface area contributed by atoms with E-state index in [9.17, 15) is 0 Å². The fourth-order valence-corrected chi connectivity index (χ4v) is 3.34. The number of aromatic nitrogens is 3. The van der Waals surface area contributed by atoms with Gasteiger partial charge in [0.2, 0.25) is 0 Å². The van der Waals surface area contributed by atoms with Crippen LogP contribution in [0.15, 0.2) is 54.6 Å². The Balaban J connectivity index is 1.77. The largest absolute Gasteiger partial charge is 0.494 e. The molecule has 0 radical (unpaired) electrons. The van der Waals surface area contributed by atoms with Crippen LogP contribution in [0.25, 0.3) is 16.8 Å². The second kappa shape index (κ2) is 7.35. The summed E-state index contributed by atoms with van der Waals surface area (Å²) in [5.74, 6) is 1.74. The van der Waals surface area contributed by atoms with Crippen molar-refractivity contribution in [2.75, 3.05) is 11.9 Å². The number of aryl methyl sites for hydroxylation is 3. The van der Waals surface area contributed by atoms with Gasteiger partial charge in [-0.2, -0.15) is 9.61 Å². The Morgan fingerprint density at radius 2 is 1.68 bits per heavy atom. The van der Waals surface area contributed by atoms with Crippen molar-refractivity contribution < 1.29 is 4.74 Å². The molecule has 142 valence electrons. The molecule has 0 saturated carbocycles. The van der Waals surface area contributed by atoms with Crippen LogP contribution in [0, 0.1) is 20.8 Å². The summed E-state index contributed by atoms with van der Waals surface area (Å²) in [5, 5.41) is 8.23. The molecule has 2 aromatic carbocycles. The van der Waals surface area contributed by atoms with Crippen LogP contribution >= 0.6 is 0 Å². The van der Waals surface area contributed by atoms with Gasteiger partial charge in [0.1, 0.15) is 11.6 Å². The topological polar surface area (TPSA) is 51.5 Å². The molecule has 5 nitrogen and oxygen atoms in total. The molecule has 5 heteroatoms. The summed E-state index contributed by atoms with van der Waals surface area (Å²) in [4.78, 5) is 4.78. The Morgan fingerprint density at radius 3 is 2.36 bits per heavy atom. The lowest BCUT2D eigenvalue weighted by molar-refractivity contribution is 0.340. The molecule has 0 aliphatic carbocycles. The minimum atomic E-state index is 0.658. The van der Waals surface area contributed by atoms with E-state index in [0.29, 0.717) is 6.61 Å². The van der Waals surface area contributed by atoms with Gasteiger partial charge in [0.15, 0.2) is 5.65 Å². The number of ether oxygens (including phenoxy) is 1. The molecular weight excluding hydrogens is 348 g/mol. The molecule has 2 heterocycles. The second-order valence-corrected chi connectivity index (χ2v) is 6.93. The van der Waals surface area contributed by atoms with Crippen LogP contribution in [-0.4, -0.2) is 21.2 Å². The first-order valence-corrected chi connectivity index (χ1v) is 9.49. The van der Waals surface area contributed by atoms with E-state index in [-0.39, 0.29) is 0 Å². The quantitative estimate of drug-likeness (QED) is 0.505. The highest BCUT2D eigenvalue weighted by molar-refractivity contribution is 5.81. The molecule has 1 N–H and O–H groups in total. The molecule has 0 aliphatic heterocycles. The van der Waals surface area contributed by atoms with Gasteiger partial charge in [-0.1, -0.05) is 29.8 Å². The lowest BCUT2D eigenvalue weighted by Crippen LogP contribution is -2.02. The summed E-state index contributed by atoms with van der Waals surface area (Å²) in [5.41, 5.74) is 7.16. The zero-order chi connectivity index (χ0) is 19.7. The molecule has 2 aromatic heterocycles. The Labute approximate surface area is 165 Å². The van der Waals surface area contributed by atoms with Crippen molar-refractivity contribution in [1.29, 1.82) is 0 Å². The van der Waals surface area contributed by atoms with Crippen LogP contribution in [0.5, 0.6) is 5.75 Å². The third-order valence-electron chi connectivity index (χ3n) is 4.67. The van der Waals surface area contributed by atoms with Crippen molar-refractivity contribution in [2.45, 2.75) is 27.7 Å². The number of fused-ring (bicyclic) bond motifs is 1. The number of nitrogens with zero attached hydrogens (tertiary/aromatic N) is 3. The maximum absolute atomic E-state index is 5.52. The van der Waals surface area contributed by atoms with Crippen molar-refractivity contribution in [3.8, 4) is 16.9 Å². The van der Waals surface area contributed by atoms with Gasteiger partial charge in [-0.15, -0.1) is 0 Å². The molecule has 0 atom stereocenters. The molecule has 0 unspecified atom stereocenters. The van der Waals surface area contributed by atoms with Crippen molar-refractivity contribution in [2.24, 2.45) is 0 Å². The number of hydrogen-bond donors (Lipinski definition) is 1. The first-order chi connectivity index (χ1) is 13.5. The summed E-state index contributed by atoms with van der Waals surface area (Å²) in [6.45, 7) is 8.76. The third kappa shape index (κ3) is 3.43. The van der Waals surface area contributed by atoms with Crippen molar-refractivity contribution >= 4 is 17.2 Å². The number of nitrogens with one attached hydrogen (secondary N) is 1. The van der Waals surface area contributed by atoms with Gasteiger partial charge in [0.25, 0.3) is 0 Å². The summed E-state index contributed by atoms with van der Waals surface area (Å²) < 4.78 is 7.40. The van der Waals surface area contributed by atoms with E-state index in [1.165, 1.54) is 5.56 Å². The van der Waals surface area contributed by atoms with E-state index < -0.39 is 0 Å². The highest BCUT2D eigenvalue weighted by Crippen LogP contribution is 2.30. The van der Waals surface area contributed by atoms with E-state index >= 15 is 0 Å². The zero-order valence-corrected chi connectivity index (χ0v) is 16.7. The van der Waals surface area contributed by atoms with Crippen molar-refractivity contribution in [3.63, 3.8) is 0 Å². The van der Waals surface area contributed by atoms with Crippen LogP contribution in [-0.2, 0) is 0 Å². The summed E-state index contributed by atoms with van der Waals surface area (Å²) in [6, 6.07) is 18.4. The minimum Gasteiger partial charge on any atom is -0.494 e. The second-order valence-electron chi connectivity index (χ2n) is 6.93. The molecule has 4 aromatic rings. The predicted octanol–water partition coefficient (Wildman–Crippen LogP) is 5.46. The first-order valence-electron chi connectivity index (χ1n) is 9.49. The average Bonchev–Trinajstić information content (AvgIpc) is 3.00. The zero-order valence-electron chi connectivity index (χ0n) is 16.7. The monoisotopic (exact) mass is 372 g/mol. The van der Waals surface area contributed by atoms with Gasteiger partial charge in [-0.05, 0) is 57.5 Å². The molecule has 28 heavy (non-hydrogen) atoms. The van der Waals surface area contributed by atoms with Crippen LogP contribution in [0.4, 0.5) is 11.5 Å². The van der Waals surface area contributed by atoms with Crippen molar-refractivity contribution in [3.05, 3.63) is 71.5 Å². The van der Waals surface area contributed by atoms with Gasteiger partial charge in [0.05, 0.1) is 12.3 Å². The fraction of sp³-hybridized carbons (Fsp3) is 0.217. The number of benzene rings is 2. The maximum Gasteiger partial charge on any atom is 0.165 e. The minimum absolute atomic E-state index is 0.658. The van der Waals surface area contributed by atoms with Crippen LogP contribution in [0.1, 0.15) is 23.9 Å². The van der Waals surface area contributed by atoms with Gasteiger partial charge < -0.3 is 10.1 Å². The SMILES string of the molecule is CCOc1ccc(Nc2cc(C)nc3c(-c4ccc(C)cc4)c(C)nn23)cc1. The maximum atomic E-state index is 5.52. The summed E-state index contributed by atoms with van der Waals surface area (Å²) >= 11 is 0. The molecule has 0 fully saturated rings. The third-order valence-corrected chi connectivity index (χ3v) is 4.67. The van der Waals surface area contributed by atoms with Gasteiger partial charge >= 0.3 is 0 Å². The highest BCUT2D eigenvalue weighted by atomic mass is 16.5. The Hall–Kier alpha value is -3.34. The molecule has 0 amide bonds. The summed E-state index contributed by atoms with van der Waals surface area (Å²) in [7, 11) is 0. The molecule has 4 rings (SSSR count). The Morgan fingerprint density at radius 1 is 0.964 bits per heavy atom. The average molecular weight is 372 g/mol. The predicted molar refractivity (Wildman–Crippen MR) is 114 cm³/mol.